The lowest BCUT2D eigenvalue weighted by Crippen LogP contribution is -2.55. The molecule has 104 valence electrons. The summed E-state index contributed by atoms with van der Waals surface area (Å²) < 4.78 is 0. The van der Waals surface area contributed by atoms with Crippen LogP contribution in [0.25, 0.3) is 0 Å². The standard InChI is InChI=1S/C13H24N2O3/c1-3-13(4-2,12(17)18)15-11(16)9-6-5-7-10(14)8-9/h9-10H,3-8,14H2,1-2H3,(H,15,16)(H,17,18). The highest BCUT2D eigenvalue weighted by Crippen LogP contribution is 2.25. The first-order valence-electron chi connectivity index (χ1n) is 6.76. The molecule has 1 rings (SSSR count). The summed E-state index contributed by atoms with van der Waals surface area (Å²) in [4.78, 5) is 23.5. The largest absolute Gasteiger partial charge is 0.480 e. The fourth-order valence-electron chi connectivity index (χ4n) is 2.59. The number of amides is 1. The van der Waals surface area contributed by atoms with Gasteiger partial charge in [0.05, 0.1) is 0 Å². The van der Waals surface area contributed by atoms with Gasteiger partial charge in [0, 0.05) is 12.0 Å². The minimum atomic E-state index is -1.13. The molecule has 18 heavy (non-hydrogen) atoms. The van der Waals surface area contributed by atoms with Crippen molar-refractivity contribution in [2.75, 3.05) is 0 Å². The first-order chi connectivity index (χ1) is 8.45. The number of nitrogens with two attached hydrogens (primary N) is 1. The van der Waals surface area contributed by atoms with Gasteiger partial charge in [-0.15, -0.1) is 0 Å². The fraction of sp³-hybridized carbons (Fsp3) is 0.846. The molecular weight excluding hydrogens is 232 g/mol. The zero-order valence-electron chi connectivity index (χ0n) is 11.2. The second-order valence-electron chi connectivity index (χ2n) is 5.21. The molecule has 0 saturated heterocycles. The number of hydrogen-bond acceptors (Lipinski definition) is 3. The van der Waals surface area contributed by atoms with Crippen LogP contribution in [0.1, 0.15) is 52.4 Å². The Balaban J connectivity index is 2.69. The molecule has 1 aliphatic rings. The maximum Gasteiger partial charge on any atom is 0.329 e. The van der Waals surface area contributed by atoms with Gasteiger partial charge in [-0.2, -0.15) is 0 Å². The van der Waals surface area contributed by atoms with Gasteiger partial charge in [0.2, 0.25) is 5.91 Å². The molecule has 1 amide bonds. The molecule has 0 aromatic carbocycles. The minimum absolute atomic E-state index is 0.0666. The maximum atomic E-state index is 12.2. The molecule has 0 aliphatic heterocycles. The quantitative estimate of drug-likeness (QED) is 0.690. The number of carboxylic acids is 1. The summed E-state index contributed by atoms with van der Waals surface area (Å²) in [6, 6.07) is 0.0666. The second kappa shape index (κ2) is 6.18. The topological polar surface area (TPSA) is 92.4 Å². The summed E-state index contributed by atoms with van der Waals surface area (Å²) in [6.45, 7) is 3.56. The lowest BCUT2D eigenvalue weighted by Gasteiger charge is -2.32. The van der Waals surface area contributed by atoms with Crippen molar-refractivity contribution in [3.05, 3.63) is 0 Å². The van der Waals surface area contributed by atoms with Crippen molar-refractivity contribution < 1.29 is 14.7 Å². The summed E-state index contributed by atoms with van der Waals surface area (Å²) in [5.41, 5.74) is 4.73. The van der Waals surface area contributed by atoms with Crippen LogP contribution in [0.4, 0.5) is 0 Å². The molecular formula is C13H24N2O3. The number of carbonyl (C=O) groups excluding carboxylic acids is 1. The summed E-state index contributed by atoms with van der Waals surface area (Å²) in [5.74, 6) is -1.25. The number of carboxylic acid groups (broad SMARTS) is 1. The molecule has 0 aromatic heterocycles. The predicted octanol–water partition coefficient (Wildman–Crippen LogP) is 1.26. The van der Waals surface area contributed by atoms with Gasteiger partial charge >= 0.3 is 5.97 Å². The van der Waals surface area contributed by atoms with Crippen molar-refractivity contribution in [2.45, 2.75) is 64.0 Å². The molecule has 0 bridgehead atoms. The highest BCUT2D eigenvalue weighted by molar-refractivity contribution is 5.88. The number of rotatable bonds is 5. The van der Waals surface area contributed by atoms with Crippen molar-refractivity contribution in [2.24, 2.45) is 11.7 Å². The van der Waals surface area contributed by atoms with E-state index in [0.717, 1.165) is 19.3 Å². The average molecular weight is 256 g/mol. The third-order valence-electron chi connectivity index (χ3n) is 4.06. The molecule has 2 atom stereocenters. The minimum Gasteiger partial charge on any atom is -0.480 e. The zero-order valence-corrected chi connectivity index (χ0v) is 11.2. The van der Waals surface area contributed by atoms with Gasteiger partial charge in [0.15, 0.2) is 0 Å². The van der Waals surface area contributed by atoms with Crippen LogP contribution in [0.5, 0.6) is 0 Å². The summed E-state index contributed by atoms with van der Waals surface area (Å²) in [6.07, 6.45) is 4.15. The molecule has 0 aromatic rings. The average Bonchev–Trinajstić information content (AvgIpc) is 2.35. The summed E-state index contributed by atoms with van der Waals surface area (Å²) in [5, 5.41) is 12.0. The first-order valence-corrected chi connectivity index (χ1v) is 6.76. The Morgan fingerprint density at radius 3 is 2.39 bits per heavy atom. The van der Waals surface area contributed by atoms with Crippen LogP contribution in [0, 0.1) is 5.92 Å². The van der Waals surface area contributed by atoms with Crippen molar-refractivity contribution in [1.29, 1.82) is 0 Å². The van der Waals surface area contributed by atoms with Crippen LogP contribution in [0.15, 0.2) is 0 Å². The predicted molar refractivity (Wildman–Crippen MR) is 69.0 cm³/mol. The number of aliphatic carboxylic acids is 1. The van der Waals surface area contributed by atoms with Gasteiger partial charge in [0.25, 0.3) is 0 Å². The SMILES string of the molecule is CCC(CC)(NC(=O)C1CCCC(N)C1)C(=O)O. The Kier molecular flexibility index (Phi) is 5.14. The van der Waals surface area contributed by atoms with Gasteiger partial charge in [-0.25, -0.2) is 4.79 Å². The second-order valence-corrected chi connectivity index (χ2v) is 5.21. The zero-order chi connectivity index (χ0) is 13.8. The Labute approximate surface area is 108 Å². The number of carbonyl (C=O) groups is 2. The van der Waals surface area contributed by atoms with Crippen molar-refractivity contribution >= 4 is 11.9 Å². The molecule has 5 nitrogen and oxygen atoms in total. The van der Waals surface area contributed by atoms with Gasteiger partial charge in [0.1, 0.15) is 5.54 Å². The Morgan fingerprint density at radius 1 is 1.33 bits per heavy atom. The Morgan fingerprint density at radius 2 is 1.94 bits per heavy atom. The normalized spacial score (nSPS) is 24.6. The van der Waals surface area contributed by atoms with E-state index in [9.17, 15) is 14.7 Å². The lowest BCUT2D eigenvalue weighted by atomic mass is 9.84. The van der Waals surface area contributed by atoms with Crippen LogP contribution in [0.2, 0.25) is 0 Å². The molecule has 2 unspecified atom stereocenters. The molecule has 0 heterocycles. The fourth-order valence-corrected chi connectivity index (χ4v) is 2.59. The van der Waals surface area contributed by atoms with Crippen molar-refractivity contribution in [3.8, 4) is 0 Å². The molecule has 0 spiro atoms. The molecule has 1 aliphatic carbocycles. The molecule has 1 fully saturated rings. The van der Waals surface area contributed by atoms with E-state index in [2.05, 4.69) is 5.32 Å². The van der Waals surface area contributed by atoms with E-state index in [-0.39, 0.29) is 17.9 Å². The number of nitrogens with one attached hydrogen (secondary N) is 1. The first kappa shape index (κ1) is 15.0. The van der Waals surface area contributed by atoms with Crippen LogP contribution < -0.4 is 11.1 Å². The Hall–Kier alpha value is -1.10. The summed E-state index contributed by atoms with van der Waals surface area (Å²) >= 11 is 0. The monoisotopic (exact) mass is 256 g/mol. The van der Waals surface area contributed by atoms with Crippen molar-refractivity contribution in [3.63, 3.8) is 0 Å². The van der Waals surface area contributed by atoms with Gasteiger partial charge in [-0.3, -0.25) is 4.79 Å². The third-order valence-corrected chi connectivity index (χ3v) is 4.06. The smallest absolute Gasteiger partial charge is 0.329 e. The lowest BCUT2D eigenvalue weighted by molar-refractivity contribution is -0.149. The maximum absolute atomic E-state index is 12.2. The van der Waals surface area contributed by atoms with Crippen LogP contribution in [0.3, 0.4) is 0 Å². The van der Waals surface area contributed by atoms with E-state index in [1.165, 1.54) is 0 Å². The van der Waals surface area contributed by atoms with E-state index in [4.69, 9.17) is 5.73 Å². The van der Waals surface area contributed by atoms with E-state index in [1.807, 2.05) is 0 Å². The Bertz CT molecular complexity index is 313. The number of hydrogen-bond donors (Lipinski definition) is 3. The van der Waals surface area contributed by atoms with Gasteiger partial charge in [-0.1, -0.05) is 20.3 Å². The highest BCUT2D eigenvalue weighted by Gasteiger charge is 2.38. The van der Waals surface area contributed by atoms with Gasteiger partial charge in [-0.05, 0) is 32.1 Å². The molecule has 1 saturated carbocycles. The van der Waals surface area contributed by atoms with E-state index >= 15 is 0 Å². The van der Waals surface area contributed by atoms with Gasteiger partial charge < -0.3 is 16.2 Å². The van der Waals surface area contributed by atoms with Crippen LogP contribution in [-0.2, 0) is 9.59 Å². The van der Waals surface area contributed by atoms with E-state index in [1.54, 1.807) is 13.8 Å². The third kappa shape index (κ3) is 3.22. The molecule has 5 heteroatoms. The van der Waals surface area contributed by atoms with E-state index in [0.29, 0.717) is 19.3 Å². The molecule has 4 N–H and O–H groups in total. The van der Waals surface area contributed by atoms with Crippen LogP contribution in [-0.4, -0.2) is 28.6 Å². The highest BCUT2D eigenvalue weighted by atomic mass is 16.4. The van der Waals surface area contributed by atoms with Crippen molar-refractivity contribution in [1.82, 2.24) is 5.32 Å². The molecule has 0 radical (unpaired) electrons. The van der Waals surface area contributed by atoms with E-state index < -0.39 is 11.5 Å². The summed E-state index contributed by atoms with van der Waals surface area (Å²) in [7, 11) is 0. The van der Waals surface area contributed by atoms with Crippen LogP contribution >= 0.6 is 0 Å².